The number of hydrogen-bond donors (Lipinski definition) is 2. The zero-order chi connectivity index (χ0) is 10.3. The summed E-state index contributed by atoms with van der Waals surface area (Å²) in [5.41, 5.74) is 7.90. The van der Waals surface area contributed by atoms with Crippen LogP contribution in [0.5, 0.6) is 0 Å². The van der Waals surface area contributed by atoms with Gasteiger partial charge in [-0.3, -0.25) is 4.79 Å². The molecule has 0 aromatic heterocycles. The number of benzene rings is 1. The average Bonchev–Trinajstić information content (AvgIpc) is 2.03. The molecular weight excluding hydrogens is 166 g/mol. The van der Waals surface area contributed by atoms with Gasteiger partial charge in [0.25, 0.3) is 5.97 Å². The van der Waals surface area contributed by atoms with Crippen LogP contribution >= 0.6 is 0 Å². The molecule has 0 heterocycles. The molecule has 3 N–H and O–H groups in total. The highest BCUT2D eigenvalue weighted by atomic mass is 16.4. The maximum Gasteiger partial charge on any atom is 0.300 e. The second kappa shape index (κ2) is 6.20. The van der Waals surface area contributed by atoms with Crippen LogP contribution in [0.3, 0.4) is 0 Å². The number of rotatable bonds is 1. The van der Waals surface area contributed by atoms with Gasteiger partial charge in [-0.15, -0.1) is 0 Å². The Hall–Kier alpha value is -1.35. The van der Waals surface area contributed by atoms with E-state index in [1.807, 2.05) is 12.1 Å². The van der Waals surface area contributed by atoms with Gasteiger partial charge in [0, 0.05) is 13.5 Å². The number of carboxylic acids is 1. The third-order valence-corrected chi connectivity index (χ3v) is 1.32. The molecule has 0 unspecified atom stereocenters. The number of nitrogens with two attached hydrogens (primary N) is 1. The third-order valence-electron chi connectivity index (χ3n) is 1.32. The molecule has 0 aliphatic rings. The number of hydrogen-bond acceptors (Lipinski definition) is 2. The zero-order valence-electron chi connectivity index (χ0n) is 7.95. The minimum Gasteiger partial charge on any atom is -0.481 e. The Morgan fingerprint density at radius 3 is 2.38 bits per heavy atom. The molecule has 1 aromatic carbocycles. The quantitative estimate of drug-likeness (QED) is 0.690. The topological polar surface area (TPSA) is 63.3 Å². The van der Waals surface area contributed by atoms with Crippen LogP contribution < -0.4 is 5.73 Å². The van der Waals surface area contributed by atoms with Crippen molar-refractivity contribution in [3.63, 3.8) is 0 Å². The van der Waals surface area contributed by atoms with Gasteiger partial charge in [0.2, 0.25) is 0 Å². The van der Waals surface area contributed by atoms with Crippen LogP contribution in [0, 0.1) is 6.92 Å². The van der Waals surface area contributed by atoms with E-state index in [0.29, 0.717) is 6.54 Å². The first-order chi connectivity index (χ1) is 6.06. The first kappa shape index (κ1) is 11.6. The van der Waals surface area contributed by atoms with Crippen LogP contribution in [0.15, 0.2) is 24.3 Å². The summed E-state index contributed by atoms with van der Waals surface area (Å²) in [6.07, 6.45) is 0. The van der Waals surface area contributed by atoms with Crippen LogP contribution in [-0.2, 0) is 11.3 Å². The summed E-state index contributed by atoms with van der Waals surface area (Å²) >= 11 is 0. The number of carboxylic acid groups (broad SMARTS) is 1. The first-order valence-electron chi connectivity index (χ1n) is 4.01. The fraction of sp³-hybridized carbons (Fsp3) is 0.300. The normalized spacial score (nSPS) is 8.54. The van der Waals surface area contributed by atoms with Crippen LogP contribution in [0.1, 0.15) is 18.1 Å². The second-order valence-corrected chi connectivity index (χ2v) is 2.71. The predicted molar refractivity (Wildman–Crippen MR) is 52.4 cm³/mol. The zero-order valence-corrected chi connectivity index (χ0v) is 7.95. The van der Waals surface area contributed by atoms with Crippen LogP contribution in [0.4, 0.5) is 0 Å². The van der Waals surface area contributed by atoms with E-state index < -0.39 is 5.97 Å². The lowest BCUT2D eigenvalue weighted by atomic mass is 10.1. The summed E-state index contributed by atoms with van der Waals surface area (Å²) in [4.78, 5) is 9.00. The van der Waals surface area contributed by atoms with E-state index in [2.05, 4.69) is 19.1 Å². The molecule has 0 spiro atoms. The van der Waals surface area contributed by atoms with Crippen molar-refractivity contribution in [1.82, 2.24) is 0 Å². The molecule has 1 rings (SSSR count). The highest BCUT2D eigenvalue weighted by Crippen LogP contribution is 2.01. The molecule has 0 aliphatic heterocycles. The van der Waals surface area contributed by atoms with Gasteiger partial charge in [0.15, 0.2) is 0 Å². The first-order valence-corrected chi connectivity index (χ1v) is 4.01. The Labute approximate surface area is 78.2 Å². The van der Waals surface area contributed by atoms with Crippen molar-refractivity contribution in [2.45, 2.75) is 20.4 Å². The van der Waals surface area contributed by atoms with Crippen molar-refractivity contribution >= 4 is 5.97 Å². The summed E-state index contributed by atoms with van der Waals surface area (Å²) in [5.74, 6) is -0.833. The van der Waals surface area contributed by atoms with Gasteiger partial charge in [0.1, 0.15) is 0 Å². The maximum atomic E-state index is 9.00. The van der Waals surface area contributed by atoms with Gasteiger partial charge in [-0.1, -0.05) is 29.8 Å². The Bertz CT molecular complexity index is 267. The van der Waals surface area contributed by atoms with Crippen LogP contribution in [0.25, 0.3) is 0 Å². The minimum atomic E-state index is -0.833. The third kappa shape index (κ3) is 7.03. The molecule has 0 radical (unpaired) electrons. The summed E-state index contributed by atoms with van der Waals surface area (Å²) in [6, 6.07) is 8.23. The van der Waals surface area contributed by atoms with Gasteiger partial charge >= 0.3 is 0 Å². The lowest BCUT2D eigenvalue weighted by Gasteiger charge is -1.95. The molecule has 0 amide bonds. The number of aryl methyl sites for hydroxylation is 1. The SMILES string of the molecule is CC(=O)O.Cc1cccc(CN)c1. The molecule has 13 heavy (non-hydrogen) atoms. The Morgan fingerprint density at radius 1 is 1.54 bits per heavy atom. The van der Waals surface area contributed by atoms with Crippen molar-refractivity contribution in [2.75, 3.05) is 0 Å². The van der Waals surface area contributed by atoms with Gasteiger partial charge in [-0.05, 0) is 12.5 Å². The van der Waals surface area contributed by atoms with Gasteiger partial charge in [-0.2, -0.15) is 0 Å². The molecule has 0 atom stereocenters. The van der Waals surface area contributed by atoms with Gasteiger partial charge in [0.05, 0.1) is 0 Å². The molecule has 0 saturated heterocycles. The van der Waals surface area contributed by atoms with Crippen LogP contribution in [-0.4, -0.2) is 11.1 Å². The molecule has 0 aliphatic carbocycles. The van der Waals surface area contributed by atoms with Crippen molar-refractivity contribution in [1.29, 1.82) is 0 Å². The van der Waals surface area contributed by atoms with E-state index in [1.54, 1.807) is 0 Å². The number of aliphatic carboxylic acids is 1. The lowest BCUT2D eigenvalue weighted by Crippen LogP contribution is -1.95. The Morgan fingerprint density at radius 2 is 2.08 bits per heavy atom. The lowest BCUT2D eigenvalue weighted by molar-refractivity contribution is -0.134. The van der Waals surface area contributed by atoms with E-state index in [-0.39, 0.29) is 0 Å². The largest absolute Gasteiger partial charge is 0.481 e. The fourth-order valence-corrected chi connectivity index (χ4v) is 0.839. The average molecular weight is 181 g/mol. The predicted octanol–water partition coefficient (Wildman–Crippen LogP) is 1.54. The molecule has 0 fully saturated rings. The molecule has 0 bridgehead atoms. The summed E-state index contributed by atoms with van der Waals surface area (Å²) in [5, 5.41) is 7.42. The monoisotopic (exact) mass is 181 g/mol. The summed E-state index contributed by atoms with van der Waals surface area (Å²) < 4.78 is 0. The van der Waals surface area contributed by atoms with E-state index in [1.165, 1.54) is 11.1 Å². The van der Waals surface area contributed by atoms with Crippen molar-refractivity contribution in [2.24, 2.45) is 5.73 Å². The summed E-state index contributed by atoms with van der Waals surface area (Å²) in [6.45, 7) is 3.79. The smallest absolute Gasteiger partial charge is 0.300 e. The molecule has 0 saturated carbocycles. The highest BCUT2D eigenvalue weighted by Gasteiger charge is 1.86. The standard InChI is InChI=1S/C8H11N.C2H4O2/c1-7-3-2-4-8(5-7)6-9;1-2(3)4/h2-5H,6,9H2,1H3;1H3,(H,3,4). The molecule has 3 heteroatoms. The molecule has 3 nitrogen and oxygen atoms in total. The maximum absolute atomic E-state index is 9.00. The van der Waals surface area contributed by atoms with E-state index >= 15 is 0 Å². The number of carbonyl (C=O) groups is 1. The Kier molecular flexibility index (Phi) is 5.55. The van der Waals surface area contributed by atoms with E-state index in [0.717, 1.165) is 6.92 Å². The molecular formula is C10H15NO2. The highest BCUT2D eigenvalue weighted by molar-refractivity contribution is 5.62. The van der Waals surface area contributed by atoms with Gasteiger partial charge < -0.3 is 10.8 Å². The van der Waals surface area contributed by atoms with Crippen LogP contribution in [0.2, 0.25) is 0 Å². The van der Waals surface area contributed by atoms with Crippen molar-refractivity contribution in [3.8, 4) is 0 Å². The van der Waals surface area contributed by atoms with E-state index in [4.69, 9.17) is 15.6 Å². The van der Waals surface area contributed by atoms with E-state index in [9.17, 15) is 0 Å². The summed E-state index contributed by atoms with van der Waals surface area (Å²) in [7, 11) is 0. The fourth-order valence-electron chi connectivity index (χ4n) is 0.839. The minimum absolute atomic E-state index is 0.641. The van der Waals surface area contributed by atoms with Crippen molar-refractivity contribution < 1.29 is 9.90 Å². The Balaban J connectivity index is 0.000000310. The van der Waals surface area contributed by atoms with Crippen molar-refractivity contribution in [3.05, 3.63) is 35.4 Å². The molecule has 72 valence electrons. The second-order valence-electron chi connectivity index (χ2n) is 2.71. The molecule has 1 aromatic rings. The van der Waals surface area contributed by atoms with Gasteiger partial charge in [-0.25, -0.2) is 0 Å².